The van der Waals surface area contributed by atoms with Gasteiger partial charge in [-0.15, -0.1) is 0 Å². The maximum Gasteiger partial charge on any atom is 0.308 e. The number of carbonyl (C=O) groups is 2. The summed E-state index contributed by atoms with van der Waals surface area (Å²) in [5.74, 6) is -1.13. The monoisotopic (exact) mass is 329 g/mol. The Hall–Kier alpha value is -2.70. The highest BCUT2D eigenvalue weighted by molar-refractivity contribution is 5.79. The Kier molecular flexibility index (Phi) is 4.59. The highest BCUT2D eigenvalue weighted by Crippen LogP contribution is 2.25. The number of H-pyrrole nitrogens is 1. The van der Waals surface area contributed by atoms with Crippen LogP contribution in [0, 0.1) is 5.92 Å². The van der Waals surface area contributed by atoms with Crippen molar-refractivity contribution in [2.75, 3.05) is 0 Å². The average molecular weight is 329 g/mol. The summed E-state index contributed by atoms with van der Waals surface area (Å²) in [6.45, 7) is 0. The van der Waals surface area contributed by atoms with Crippen molar-refractivity contribution in [3.8, 4) is 0 Å². The number of aromatic amines is 1. The first-order valence-electron chi connectivity index (χ1n) is 8.04. The predicted octanol–water partition coefficient (Wildman–Crippen LogP) is 1.23. The number of aromatic nitrogens is 2. The molecule has 1 aliphatic rings. The zero-order valence-corrected chi connectivity index (χ0v) is 13.1. The molecular weight excluding hydrogens is 310 g/mol. The van der Waals surface area contributed by atoms with Gasteiger partial charge in [-0.05, 0) is 25.0 Å². The molecule has 1 amide bonds. The highest BCUT2D eigenvalue weighted by atomic mass is 16.4. The van der Waals surface area contributed by atoms with Crippen molar-refractivity contribution in [3.63, 3.8) is 0 Å². The number of carboxylic acid groups (broad SMARTS) is 1. The molecule has 0 spiro atoms. The highest BCUT2D eigenvalue weighted by Gasteiger charge is 2.33. The Bertz CT molecular complexity index is 830. The van der Waals surface area contributed by atoms with Crippen LogP contribution in [-0.4, -0.2) is 33.0 Å². The molecular formula is C17H19N3O4. The van der Waals surface area contributed by atoms with Crippen LogP contribution in [0.5, 0.6) is 0 Å². The molecule has 0 aliphatic heterocycles. The van der Waals surface area contributed by atoms with E-state index >= 15 is 0 Å². The third-order valence-electron chi connectivity index (χ3n) is 4.43. The Morgan fingerprint density at radius 3 is 2.88 bits per heavy atom. The van der Waals surface area contributed by atoms with Gasteiger partial charge in [0, 0.05) is 18.9 Å². The van der Waals surface area contributed by atoms with Gasteiger partial charge < -0.3 is 15.4 Å². The minimum absolute atomic E-state index is 0.157. The van der Waals surface area contributed by atoms with Crippen LogP contribution >= 0.6 is 0 Å². The minimum Gasteiger partial charge on any atom is -0.481 e. The first-order valence-corrected chi connectivity index (χ1v) is 8.04. The lowest BCUT2D eigenvalue weighted by molar-refractivity contribution is -0.142. The van der Waals surface area contributed by atoms with E-state index < -0.39 is 11.9 Å². The Morgan fingerprint density at radius 1 is 1.29 bits per heavy atom. The number of benzene rings is 1. The van der Waals surface area contributed by atoms with Gasteiger partial charge in [-0.25, -0.2) is 4.98 Å². The molecule has 0 saturated heterocycles. The third kappa shape index (κ3) is 3.45. The molecule has 1 heterocycles. The summed E-state index contributed by atoms with van der Waals surface area (Å²) in [6, 6.07) is 6.72. The number of para-hydroxylation sites is 1. The van der Waals surface area contributed by atoms with Gasteiger partial charge in [-0.3, -0.25) is 14.4 Å². The van der Waals surface area contributed by atoms with Crippen molar-refractivity contribution in [2.24, 2.45) is 5.92 Å². The van der Waals surface area contributed by atoms with Gasteiger partial charge in [0.15, 0.2) is 0 Å². The molecule has 1 saturated carbocycles. The van der Waals surface area contributed by atoms with E-state index in [1.165, 1.54) is 0 Å². The quantitative estimate of drug-likeness (QED) is 0.763. The van der Waals surface area contributed by atoms with Crippen molar-refractivity contribution < 1.29 is 14.7 Å². The van der Waals surface area contributed by atoms with Gasteiger partial charge in [-0.1, -0.05) is 18.6 Å². The summed E-state index contributed by atoms with van der Waals surface area (Å²) in [7, 11) is 0. The van der Waals surface area contributed by atoms with Crippen LogP contribution in [0.25, 0.3) is 10.9 Å². The van der Waals surface area contributed by atoms with Crippen molar-refractivity contribution in [1.29, 1.82) is 0 Å². The summed E-state index contributed by atoms with van der Waals surface area (Å²) in [5.41, 5.74) is 0.371. The number of hydrogen-bond acceptors (Lipinski definition) is 4. The third-order valence-corrected chi connectivity index (χ3v) is 4.43. The van der Waals surface area contributed by atoms with E-state index in [0.29, 0.717) is 36.0 Å². The van der Waals surface area contributed by atoms with E-state index in [1.54, 1.807) is 24.3 Å². The Morgan fingerprint density at radius 2 is 2.08 bits per heavy atom. The standard InChI is InChI=1S/C17H19N3O4/c21-15(19-13-7-3-5-11(13)17(23)24)9-8-14-18-12-6-2-1-4-10(12)16(22)20-14/h1-2,4,6,11,13H,3,5,7-9H2,(H,19,21)(H,23,24)(H,18,20,22)/t11-,13+/m1/s1. The molecule has 24 heavy (non-hydrogen) atoms. The molecule has 126 valence electrons. The zero-order valence-electron chi connectivity index (χ0n) is 13.1. The summed E-state index contributed by atoms with van der Waals surface area (Å²) >= 11 is 0. The molecule has 1 aliphatic carbocycles. The van der Waals surface area contributed by atoms with E-state index in [9.17, 15) is 14.4 Å². The van der Waals surface area contributed by atoms with E-state index in [1.807, 2.05) is 0 Å². The zero-order chi connectivity index (χ0) is 17.1. The largest absolute Gasteiger partial charge is 0.481 e. The first-order chi connectivity index (χ1) is 11.5. The number of hydrogen-bond donors (Lipinski definition) is 3. The van der Waals surface area contributed by atoms with Gasteiger partial charge >= 0.3 is 5.97 Å². The second-order valence-corrected chi connectivity index (χ2v) is 6.08. The molecule has 2 atom stereocenters. The van der Waals surface area contributed by atoms with Crippen molar-refractivity contribution in [1.82, 2.24) is 15.3 Å². The van der Waals surface area contributed by atoms with Gasteiger partial charge in [0.25, 0.3) is 5.56 Å². The number of carboxylic acids is 1. The first kappa shape index (κ1) is 16.2. The molecule has 2 aromatic rings. The van der Waals surface area contributed by atoms with Crippen molar-refractivity contribution in [2.45, 2.75) is 38.1 Å². The lowest BCUT2D eigenvalue weighted by atomic mass is 10.0. The summed E-state index contributed by atoms with van der Waals surface area (Å²) in [6.07, 6.45) is 2.55. The molecule has 1 aromatic carbocycles. The van der Waals surface area contributed by atoms with Crippen LogP contribution in [0.4, 0.5) is 0 Å². The second kappa shape index (κ2) is 6.82. The maximum absolute atomic E-state index is 12.1. The number of carbonyl (C=O) groups excluding carboxylic acids is 1. The summed E-state index contributed by atoms with van der Waals surface area (Å²) < 4.78 is 0. The molecule has 3 N–H and O–H groups in total. The molecule has 7 heteroatoms. The second-order valence-electron chi connectivity index (χ2n) is 6.08. The molecule has 3 rings (SSSR count). The number of rotatable bonds is 5. The van der Waals surface area contributed by atoms with E-state index in [4.69, 9.17) is 5.11 Å². The normalized spacial score (nSPS) is 20.2. The van der Waals surface area contributed by atoms with Gasteiger partial charge in [0.05, 0.1) is 16.8 Å². The smallest absolute Gasteiger partial charge is 0.308 e. The summed E-state index contributed by atoms with van der Waals surface area (Å²) in [4.78, 5) is 42.2. The molecule has 1 aromatic heterocycles. The maximum atomic E-state index is 12.1. The minimum atomic E-state index is -0.863. The fraction of sp³-hybridized carbons (Fsp3) is 0.412. The number of fused-ring (bicyclic) bond motifs is 1. The predicted molar refractivity (Wildman–Crippen MR) is 87.6 cm³/mol. The topological polar surface area (TPSA) is 112 Å². The van der Waals surface area contributed by atoms with Crippen LogP contribution in [0.2, 0.25) is 0 Å². The van der Waals surface area contributed by atoms with Crippen LogP contribution in [0.1, 0.15) is 31.5 Å². The number of nitrogens with one attached hydrogen (secondary N) is 2. The molecule has 0 unspecified atom stereocenters. The SMILES string of the molecule is O=C(CCc1nc2ccccc2c(=O)[nH]1)N[C@H]1CCC[C@H]1C(=O)O. The lowest BCUT2D eigenvalue weighted by Gasteiger charge is -2.17. The molecule has 0 radical (unpaired) electrons. The Labute approximate surface area is 138 Å². The Balaban J connectivity index is 1.62. The molecule has 1 fully saturated rings. The number of aliphatic carboxylic acids is 1. The van der Waals surface area contributed by atoms with Gasteiger partial charge in [-0.2, -0.15) is 0 Å². The van der Waals surface area contributed by atoms with Gasteiger partial charge in [0.2, 0.25) is 5.91 Å². The van der Waals surface area contributed by atoms with E-state index in [-0.39, 0.29) is 23.9 Å². The van der Waals surface area contributed by atoms with E-state index in [0.717, 1.165) is 6.42 Å². The van der Waals surface area contributed by atoms with Crippen LogP contribution in [-0.2, 0) is 16.0 Å². The average Bonchev–Trinajstić information content (AvgIpc) is 3.01. The van der Waals surface area contributed by atoms with Crippen LogP contribution in [0.15, 0.2) is 29.1 Å². The fourth-order valence-corrected chi connectivity index (χ4v) is 3.19. The molecule has 7 nitrogen and oxygen atoms in total. The van der Waals surface area contributed by atoms with Crippen LogP contribution < -0.4 is 10.9 Å². The fourth-order valence-electron chi connectivity index (χ4n) is 3.19. The van der Waals surface area contributed by atoms with Gasteiger partial charge in [0.1, 0.15) is 5.82 Å². The van der Waals surface area contributed by atoms with Crippen molar-refractivity contribution in [3.05, 3.63) is 40.4 Å². The van der Waals surface area contributed by atoms with Crippen molar-refractivity contribution >= 4 is 22.8 Å². The lowest BCUT2D eigenvalue weighted by Crippen LogP contribution is -2.40. The summed E-state index contributed by atoms with van der Waals surface area (Å²) in [5, 5.41) is 12.4. The number of aryl methyl sites for hydroxylation is 1. The van der Waals surface area contributed by atoms with Crippen LogP contribution in [0.3, 0.4) is 0 Å². The molecule has 0 bridgehead atoms. The number of nitrogens with zero attached hydrogens (tertiary/aromatic N) is 1. The number of amides is 1. The van der Waals surface area contributed by atoms with E-state index in [2.05, 4.69) is 15.3 Å².